The summed E-state index contributed by atoms with van der Waals surface area (Å²) in [7, 11) is 0. The predicted octanol–water partition coefficient (Wildman–Crippen LogP) is 3.66. The first-order valence-corrected chi connectivity index (χ1v) is 8.64. The summed E-state index contributed by atoms with van der Waals surface area (Å²) in [6, 6.07) is 12.6. The van der Waals surface area contributed by atoms with Crippen molar-refractivity contribution in [3.05, 3.63) is 65.1 Å². The minimum Gasteiger partial charge on any atom is -0.398 e. The van der Waals surface area contributed by atoms with Crippen LogP contribution in [0.2, 0.25) is 0 Å². The van der Waals surface area contributed by atoms with Crippen molar-refractivity contribution in [1.82, 2.24) is 14.3 Å². The Morgan fingerprint density at radius 2 is 1.75 bits per heavy atom. The third-order valence-electron chi connectivity index (χ3n) is 4.58. The Balaban J connectivity index is 2.02. The fraction of sp³-hybridized carbons (Fsp3) is 0.350. The van der Waals surface area contributed by atoms with Crippen molar-refractivity contribution in [3.8, 4) is 0 Å². The van der Waals surface area contributed by atoms with Crippen LogP contribution in [0.1, 0.15) is 36.4 Å². The van der Waals surface area contributed by atoms with Crippen molar-refractivity contribution in [3.63, 3.8) is 0 Å². The summed E-state index contributed by atoms with van der Waals surface area (Å²) in [6.07, 6.45) is 2.83. The van der Waals surface area contributed by atoms with Crippen molar-refractivity contribution in [2.75, 3.05) is 18.8 Å². The minimum absolute atomic E-state index is 0.766. The molecule has 0 bridgehead atoms. The average molecular weight is 322 g/mol. The van der Waals surface area contributed by atoms with Crippen molar-refractivity contribution >= 4 is 11.3 Å². The molecule has 0 saturated heterocycles. The van der Waals surface area contributed by atoms with Crippen LogP contribution in [0, 0.1) is 6.92 Å². The van der Waals surface area contributed by atoms with E-state index in [1.807, 2.05) is 18.3 Å². The van der Waals surface area contributed by atoms with E-state index in [1.165, 1.54) is 16.8 Å². The summed E-state index contributed by atoms with van der Waals surface area (Å²) in [5.41, 5.74) is 12.7. The van der Waals surface area contributed by atoms with Gasteiger partial charge in [0.2, 0.25) is 0 Å². The van der Waals surface area contributed by atoms with Gasteiger partial charge in [0, 0.05) is 24.8 Å². The van der Waals surface area contributed by atoms with Crippen LogP contribution < -0.4 is 5.73 Å². The number of benzene rings is 1. The molecule has 3 aromatic rings. The highest BCUT2D eigenvalue weighted by molar-refractivity contribution is 5.51. The van der Waals surface area contributed by atoms with E-state index >= 15 is 0 Å². The molecule has 0 unspecified atom stereocenters. The normalized spacial score (nSPS) is 11.5. The molecule has 0 spiro atoms. The lowest BCUT2D eigenvalue weighted by Gasteiger charge is -2.18. The summed E-state index contributed by atoms with van der Waals surface area (Å²) in [5.74, 6) is 0. The lowest BCUT2D eigenvalue weighted by atomic mass is 10.1. The number of hydrogen-bond acceptors (Lipinski definition) is 3. The molecular formula is C20H26N4. The summed E-state index contributed by atoms with van der Waals surface area (Å²) in [4.78, 5) is 7.28. The second-order valence-corrected chi connectivity index (χ2v) is 6.32. The number of nitrogens with two attached hydrogens (primary N) is 1. The predicted molar refractivity (Wildman–Crippen MR) is 100 cm³/mol. The molecule has 3 rings (SSSR count). The zero-order valence-corrected chi connectivity index (χ0v) is 14.8. The molecule has 0 aliphatic carbocycles. The van der Waals surface area contributed by atoms with Gasteiger partial charge in [-0.1, -0.05) is 43.7 Å². The smallest absolute Gasteiger partial charge is 0.137 e. The first-order chi connectivity index (χ1) is 11.6. The molecule has 0 saturated carbocycles. The Kier molecular flexibility index (Phi) is 4.86. The molecule has 0 aliphatic rings. The first-order valence-electron chi connectivity index (χ1n) is 8.64. The largest absolute Gasteiger partial charge is 0.398 e. The maximum Gasteiger partial charge on any atom is 0.137 e. The fourth-order valence-electron chi connectivity index (χ4n) is 3.03. The molecule has 0 aliphatic heterocycles. The number of pyridine rings is 1. The van der Waals surface area contributed by atoms with Gasteiger partial charge in [0.05, 0.1) is 11.4 Å². The van der Waals surface area contributed by atoms with E-state index in [0.717, 1.165) is 43.1 Å². The lowest BCUT2D eigenvalue weighted by molar-refractivity contribution is 0.290. The quantitative estimate of drug-likeness (QED) is 0.753. The molecule has 24 heavy (non-hydrogen) atoms. The molecule has 0 amide bonds. The minimum atomic E-state index is 0.766. The number of aryl methyl sites for hydroxylation is 1. The van der Waals surface area contributed by atoms with Crippen molar-refractivity contribution in [1.29, 1.82) is 0 Å². The molecular weight excluding hydrogens is 296 g/mol. The molecule has 126 valence electrons. The van der Waals surface area contributed by atoms with Crippen LogP contribution in [0.3, 0.4) is 0 Å². The highest BCUT2D eigenvalue weighted by atomic mass is 15.1. The summed E-state index contributed by atoms with van der Waals surface area (Å²) < 4.78 is 2.15. The Morgan fingerprint density at radius 1 is 1.04 bits per heavy atom. The number of nitrogen functional groups attached to an aromatic ring is 1. The number of imidazole rings is 1. The van der Waals surface area contributed by atoms with Crippen LogP contribution in [0.5, 0.6) is 0 Å². The van der Waals surface area contributed by atoms with Gasteiger partial charge in [-0.3, -0.25) is 4.90 Å². The molecule has 2 N–H and O–H groups in total. The SMILES string of the molecule is CCN(CC)Cc1c(Cc2ccc(C)cc2)nc2ccc(N)cn12. The van der Waals surface area contributed by atoms with Gasteiger partial charge < -0.3 is 10.1 Å². The zero-order valence-electron chi connectivity index (χ0n) is 14.8. The van der Waals surface area contributed by atoms with E-state index in [4.69, 9.17) is 10.7 Å². The number of fused-ring (bicyclic) bond motifs is 1. The van der Waals surface area contributed by atoms with Crippen LogP contribution in [-0.2, 0) is 13.0 Å². The standard InChI is InChI=1S/C20H26N4/c1-4-23(5-2)14-19-18(12-16-8-6-15(3)7-9-16)22-20-11-10-17(21)13-24(19)20/h6-11,13H,4-5,12,14,21H2,1-3H3. The molecule has 4 nitrogen and oxygen atoms in total. The monoisotopic (exact) mass is 322 g/mol. The van der Waals surface area contributed by atoms with Gasteiger partial charge in [0.25, 0.3) is 0 Å². The first kappa shape index (κ1) is 16.5. The zero-order chi connectivity index (χ0) is 17.1. The lowest BCUT2D eigenvalue weighted by Crippen LogP contribution is -2.23. The molecule has 2 heterocycles. The van der Waals surface area contributed by atoms with Crippen LogP contribution in [-0.4, -0.2) is 27.4 Å². The fourth-order valence-corrected chi connectivity index (χ4v) is 3.03. The second-order valence-electron chi connectivity index (χ2n) is 6.32. The van der Waals surface area contributed by atoms with Crippen LogP contribution >= 0.6 is 0 Å². The highest BCUT2D eigenvalue weighted by Gasteiger charge is 2.15. The van der Waals surface area contributed by atoms with E-state index in [2.05, 4.69) is 54.3 Å². The van der Waals surface area contributed by atoms with Gasteiger partial charge in [0.1, 0.15) is 5.65 Å². The van der Waals surface area contributed by atoms with Gasteiger partial charge in [-0.05, 0) is 37.7 Å². The van der Waals surface area contributed by atoms with Gasteiger partial charge >= 0.3 is 0 Å². The third-order valence-corrected chi connectivity index (χ3v) is 4.58. The van der Waals surface area contributed by atoms with E-state index < -0.39 is 0 Å². The van der Waals surface area contributed by atoms with Crippen molar-refractivity contribution in [2.45, 2.75) is 33.7 Å². The van der Waals surface area contributed by atoms with Crippen molar-refractivity contribution in [2.24, 2.45) is 0 Å². The number of hydrogen-bond donors (Lipinski definition) is 1. The van der Waals surface area contributed by atoms with Gasteiger partial charge in [0.15, 0.2) is 0 Å². The van der Waals surface area contributed by atoms with E-state index in [0.29, 0.717) is 0 Å². The van der Waals surface area contributed by atoms with Crippen LogP contribution in [0.15, 0.2) is 42.6 Å². The molecule has 0 radical (unpaired) electrons. The third kappa shape index (κ3) is 3.44. The van der Waals surface area contributed by atoms with Gasteiger partial charge in [-0.2, -0.15) is 0 Å². The Morgan fingerprint density at radius 3 is 2.42 bits per heavy atom. The molecule has 0 fully saturated rings. The Hall–Kier alpha value is -2.33. The van der Waals surface area contributed by atoms with Crippen LogP contribution in [0.25, 0.3) is 5.65 Å². The number of aromatic nitrogens is 2. The molecule has 0 atom stereocenters. The maximum absolute atomic E-state index is 6.00. The van der Waals surface area contributed by atoms with E-state index in [-0.39, 0.29) is 0 Å². The number of rotatable bonds is 6. The topological polar surface area (TPSA) is 46.6 Å². The van der Waals surface area contributed by atoms with Crippen LogP contribution in [0.4, 0.5) is 5.69 Å². The van der Waals surface area contributed by atoms with E-state index in [1.54, 1.807) is 0 Å². The van der Waals surface area contributed by atoms with E-state index in [9.17, 15) is 0 Å². The number of anilines is 1. The van der Waals surface area contributed by atoms with Gasteiger partial charge in [-0.25, -0.2) is 4.98 Å². The Bertz CT molecular complexity index is 814. The van der Waals surface area contributed by atoms with Crippen molar-refractivity contribution < 1.29 is 0 Å². The second kappa shape index (κ2) is 7.05. The molecule has 1 aromatic carbocycles. The molecule has 4 heteroatoms. The highest BCUT2D eigenvalue weighted by Crippen LogP contribution is 2.20. The summed E-state index contributed by atoms with van der Waals surface area (Å²) in [6.45, 7) is 9.44. The molecule has 2 aromatic heterocycles. The summed E-state index contributed by atoms with van der Waals surface area (Å²) in [5, 5.41) is 0. The van der Waals surface area contributed by atoms with Gasteiger partial charge in [-0.15, -0.1) is 0 Å². The summed E-state index contributed by atoms with van der Waals surface area (Å²) >= 11 is 0. The average Bonchev–Trinajstić information content (AvgIpc) is 2.91. The Labute approximate surface area is 143 Å². The number of nitrogens with zero attached hydrogens (tertiary/aromatic N) is 3. The maximum atomic E-state index is 6.00.